The number of ether oxygens (including phenoxy) is 1. The Morgan fingerprint density at radius 2 is 1.90 bits per heavy atom. The molecule has 2 N–H and O–H groups in total. The van der Waals surface area contributed by atoms with Crippen molar-refractivity contribution in [1.29, 1.82) is 0 Å². The molecule has 0 spiro atoms. The molecule has 1 amide bonds. The first kappa shape index (κ1) is 29.1. The third-order valence-corrected chi connectivity index (χ3v) is 8.27. The van der Waals surface area contributed by atoms with Crippen LogP contribution >= 0.6 is 23.6 Å². The van der Waals surface area contributed by atoms with Crippen LogP contribution in [0.15, 0.2) is 23.6 Å². The van der Waals surface area contributed by atoms with Gasteiger partial charge in [0.25, 0.3) is 5.91 Å². The Balaban J connectivity index is 1.38. The Labute approximate surface area is 234 Å². The van der Waals surface area contributed by atoms with Crippen LogP contribution in [0.4, 0.5) is 24.5 Å². The van der Waals surface area contributed by atoms with Gasteiger partial charge in [-0.15, -0.1) is 11.3 Å². The Morgan fingerprint density at radius 1 is 1.21 bits per heavy atom. The monoisotopic (exact) mass is 583 g/mol. The number of piperidine rings is 1. The number of nitrogens with one attached hydrogen (secondary N) is 2. The van der Waals surface area contributed by atoms with Gasteiger partial charge in [0.05, 0.1) is 28.6 Å². The van der Waals surface area contributed by atoms with Crippen molar-refractivity contribution in [3.63, 3.8) is 0 Å². The molecule has 0 radical (unpaired) electrons. The second kappa shape index (κ2) is 12.5. The molecule has 8 nitrogen and oxygen atoms in total. The van der Waals surface area contributed by atoms with E-state index in [2.05, 4.69) is 15.6 Å². The fourth-order valence-corrected chi connectivity index (χ4v) is 6.07. The second-order valence-electron chi connectivity index (χ2n) is 9.63. The summed E-state index contributed by atoms with van der Waals surface area (Å²) in [6.45, 7) is 6.54. The molecule has 0 bridgehead atoms. The molecule has 1 aromatic heterocycles. The molecule has 0 aliphatic carbocycles. The van der Waals surface area contributed by atoms with Gasteiger partial charge in [-0.25, -0.2) is 9.78 Å². The van der Waals surface area contributed by atoms with Crippen LogP contribution in [0.25, 0.3) is 0 Å². The third-order valence-electron chi connectivity index (χ3n) is 6.88. The van der Waals surface area contributed by atoms with Crippen molar-refractivity contribution >= 4 is 51.9 Å². The first-order chi connectivity index (χ1) is 18.6. The molecule has 4 rings (SSSR count). The van der Waals surface area contributed by atoms with Crippen molar-refractivity contribution in [3.05, 3.63) is 39.8 Å². The minimum atomic E-state index is -4.51. The lowest BCUT2D eigenvalue weighted by Gasteiger charge is -2.33. The van der Waals surface area contributed by atoms with E-state index in [1.807, 2.05) is 9.80 Å². The lowest BCUT2D eigenvalue weighted by Crippen LogP contribution is -2.49. The largest absolute Gasteiger partial charge is 0.464 e. The second-order valence-corrected chi connectivity index (χ2v) is 10.9. The summed E-state index contributed by atoms with van der Waals surface area (Å²) in [5.74, 6) is -0.763. The van der Waals surface area contributed by atoms with E-state index in [-0.39, 0.29) is 23.3 Å². The summed E-state index contributed by atoms with van der Waals surface area (Å²) in [5, 5.41) is 8.64. The summed E-state index contributed by atoms with van der Waals surface area (Å²) in [6, 6.07) is 2.93. The summed E-state index contributed by atoms with van der Waals surface area (Å²) in [6.07, 6.45) is -1.09. The van der Waals surface area contributed by atoms with Crippen LogP contribution in [-0.4, -0.2) is 65.7 Å². The highest BCUT2D eigenvalue weighted by Crippen LogP contribution is 2.37. The smallest absolute Gasteiger partial charge is 0.416 e. The van der Waals surface area contributed by atoms with Gasteiger partial charge in [-0.05, 0) is 69.9 Å². The van der Waals surface area contributed by atoms with E-state index in [0.29, 0.717) is 30.5 Å². The molecule has 3 heterocycles. The molecular weight excluding hydrogens is 551 g/mol. The van der Waals surface area contributed by atoms with Gasteiger partial charge >= 0.3 is 12.1 Å². The van der Waals surface area contributed by atoms with E-state index in [1.165, 1.54) is 17.4 Å². The number of thiazole rings is 1. The molecule has 2 aliphatic rings. The molecule has 1 atom stereocenters. The van der Waals surface area contributed by atoms with Crippen LogP contribution < -0.4 is 15.5 Å². The van der Waals surface area contributed by atoms with E-state index >= 15 is 0 Å². The van der Waals surface area contributed by atoms with Crippen LogP contribution in [0.3, 0.4) is 0 Å². The molecule has 0 saturated carbocycles. The molecule has 39 heavy (non-hydrogen) atoms. The number of benzene rings is 1. The number of likely N-dealkylation sites (tertiary alicyclic amines) is 1. The fourth-order valence-electron chi connectivity index (χ4n) is 4.74. The number of anilines is 2. The Bertz CT molecular complexity index is 1190. The van der Waals surface area contributed by atoms with Crippen molar-refractivity contribution in [2.45, 2.75) is 57.7 Å². The maximum Gasteiger partial charge on any atom is 0.416 e. The van der Waals surface area contributed by atoms with Crippen molar-refractivity contribution in [2.75, 3.05) is 43.0 Å². The molecule has 1 aromatic carbocycles. The third kappa shape index (κ3) is 7.18. The maximum atomic E-state index is 13.4. The number of hydrogen-bond acceptors (Lipinski definition) is 7. The number of carbonyl (C=O) groups is 2. The molecule has 212 valence electrons. The number of halogens is 3. The van der Waals surface area contributed by atoms with Crippen molar-refractivity contribution in [3.8, 4) is 0 Å². The quantitative estimate of drug-likeness (QED) is 0.347. The van der Waals surface area contributed by atoms with Gasteiger partial charge in [0, 0.05) is 37.5 Å². The summed E-state index contributed by atoms with van der Waals surface area (Å²) in [5.41, 5.74) is 0.0920. The van der Waals surface area contributed by atoms with Crippen LogP contribution in [0.1, 0.15) is 66.5 Å². The normalized spacial score (nSPS) is 17.2. The predicted molar refractivity (Wildman–Crippen MR) is 148 cm³/mol. The zero-order valence-corrected chi connectivity index (χ0v) is 23.5. The first-order valence-corrected chi connectivity index (χ1v) is 14.3. The minimum absolute atomic E-state index is 0.131. The van der Waals surface area contributed by atoms with Gasteiger partial charge in [-0.1, -0.05) is 0 Å². The number of carbonyl (C=O) groups excluding carboxylic acids is 2. The highest BCUT2D eigenvalue weighted by Gasteiger charge is 2.32. The number of aromatic nitrogens is 1. The number of rotatable bonds is 7. The van der Waals surface area contributed by atoms with Crippen LogP contribution in [-0.2, 0) is 15.7 Å². The fraction of sp³-hybridized carbons (Fsp3) is 0.538. The zero-order chi connectivity index (χ0) is 28.2. The van der Waals surface area contributed by atoms with Crippen LogP contribution in [0.2, 0.25) is 0 Å². The van der Waals surface area contributed by atoms with Crippen LogP contribution in [0, 0.1) is 0 Å². The lowest BCUT2D eigenvalue weighted by atomic mass is 9.98. The number of hydrogen-bond donors (Lipinski definition) is 2. The standard InChI is InChI=1S/C26H32F3N5O3S2/c1-3-37-24(36)16(2)30-25(38)34-12-8-17(9-13-34)23-32-20(15-39-23)22(35)31-19-14-18(26(27,28)29)6-7-21(19)33-10-4-5-11-33/h6-7,14-17H,3-5,8-13H2,1-2H3,(H,30,38)(H,31,35). The molecule has 2 fully saturated rings. The summed E-state index contributed by atoms with van der Waals surface area (Å²) < 4.78 is 45.1. The number of nitrogens with zero attached hydrogens (tertiary/aromatic N) is 3. The molecule has 1 unspecified atom stereocenters. The SMILES string of the molecule is CCOC(=O)C(C)NC(=S)N1CCC(c2nc(C(=O)Nc3cc(C(F)(F)F)ccc3N3CCCC3)cs2)CC1. The Kier molecular flexibility index (Phi) is 9.31. The molecule has 2 aromatic rings. The summed E-state index contributed by atoms with van der Waals surface area (Å²) in [4.78, 5) is 33.4. The van der Waals surface area contributed by atoms with Gasteiger partial charge in [0.15, 0.2) is 5.11 Å². The molecular formula is C26H32F3N5O3S2. The zero-order valence-electron chi connectivity index (χ0n) is 21.8. The number of esters is 1. The highest BCUT2D eigenvalue weighted by molar-refractivity contribution is 7.80. The average Bonchev–Trinajstić information content (AvgIpc) is 3.61. The Hall–Kier alpha value is -2.93. The highest BCUT2D eigenvalue weighted by atomic mass is 32.1. The van der Waals surface area contributed by atoms with E-state index in [9.17, 15) is 22.8 Å². The topological polar surface area (TPSA) is 86.8 Å². The van der Waals surface area contributed by atoms with Gasteiger partial charge in [-0.2, -0.15) is 13.2 Å². The Morgan fingerprint density at radius 3 is 2.54 bits per heavy atom. The maximum absolute atomic E-state index is 13.4. The van der Waals surface area contributed by atoms with Crippen molar-refractivity contribution < 1.29 is 27.5 Å². The summed E-state index contributed by atoms with van der Waals surface area (Å²) >= 11 is 6.83. The number of alkyl halides is 3. The predicted octanol–water partition coefficient (Wildman–Crippen LogP) is 5.02. The average molecular weight is 584 g/mol. The number of amides is 1. The summed E-state index contributed by atoms with van der Waals surface area (Å²) in [7, 11) is 0. The van der Waals surface area contributed by atoms with Crippen LogP contribution in [0.5, 0.6) is 0 Å². The molecule has 2 aliphatic heterocycles. The van der Waals surface area contributed by atoms with E-state index in [0.717, 1.165) is 55.9 Å². The van der Waals surface area contributed by atoms with Gasteiger partial charge in [-0.3, -0.25) is 4.79 Å². The molecule has 2 saturated heterocycles. The van der Waals surface area contributed by atoms with E-state index < -0.39 is 23.7 Å². The number of thiocarbonyl (C=S) groups is 1. The van der Waals surface area contributed by atoms with Gasteiger partial charge in [0.1, 0.15) is 11.7 Å². The van der Waals surface area contributed by atoms with Crippen molar-refractivity contribution in [1.82, 2.24) is 15.2 Å². The van der Waals surface area contributed by atoms with E-state index in [1.54, 1.807) is 19.2 Å². The lowest BCUT2D eigenvalue weighted by molar-refractivity contribution is -0.144. The van der Waals surface area contributed by atoms with Crippen molar-refractivity contribution in [2.24, 2.45) is 0 Å². The van der Waals surface area contributed by atoms with E-state index in [4.69, 9.17) is 17.0 Å². The van der Waals surface area contributed by atoms with Gasteiger partial charge < -0.3 is 25.2 Å². The van der Waals surface area contributed by atoms with Gasteiger partial charge in [0.2, 0.25) is 0 Å². The molecule has 13 heteroatoms. The first-order valence-electron chi connectivity index (χ1n) is 13.0. The minimum Gasteiger partial charge on any atom is -0.464 e.